The van der Waals surface area contributed by atoms with E-state index in [1.54, 1.807) is 12.1 Å². The molecule has 0 aromatic heterocycles. The summed E-state index contributed by atoms with van der Waals surface area (Å²) in [6.45, 7) is 5.49. The summed E-state index contributed by atoms with van der Waals surface area (Å²) in [5, 5.41) is 14.2. The van der Waals surface area contributed by atoms with Gasteiger partial charge in [0.05, 0.1) is 5.92 Å². The van der Waals surface area contributed by atoms with Crippen LogP contribution in [-0.2, 0) is 16.0 Å². The van der Waals surface area contributed by atoms with E-state index in [-0.39, 0.29) is 5.91 Å². The zero-order chi connectivity index (χ0) is 18.6. The Bertz CT molecular complexity index is 751. The number of aliphatic carboxylic acids is 1. The molecule has 0 aliphatic rings. The molecule has 0 heterocycles. The normalized spacial score (nSPS) is 13.1. The minimum absolute atomic E-state index is 0.308. The van der Waals surface area contributed by atoms with E-state index in [9.17, 15) is 14.7 Å². The van der Waals surface area contributed by atoms with Gasteiger partial charge in [0.1, 0.15) is 0 Å². The Balaban J connectivity index is 2.23. The molecule has 0 aliphatic carbocycles. The predicted molar refractivity (Wildman–Crippen MR) is 105 cm³/mol. The van der Waals surface area contributed by atoms with Crippen molar-refractivity contribution in [3.63, 3.8) is 0 Å². The summed E-state index contributed by atoms with van der Waals surface area (Å²) < 4.78 is 1.06. The van der Waals surface area contributed by atoms with Crippen molar-refractivity contribution in [2.75, 3.05) is 5.32 Å². The topological polar surface area (TPSA) is 69.2 Å². The van der Waals surface area contributed by atoms with E-state index in [1.807, 2.05) is 44.2 Å². The Morgan fingerprint density at radius 3 is 2.16 bits per heavy atom. The van der Waals surface area contributed by atoms with Crippen LogP contribution in [0.1, 0.15) is 23.6 Å². The number of aryl methyl sites for hydroxylation is 2. The fraction of sp³-hybridized carbons (Fsp3) is 0.300. The lowest BCUT2D eigenvalue weighted by Crippen LogP contribution is -2.40. The zero-order valence-corrected chi connectivity index (χ0v) is 16.7. The number of carboxylic acid groups (broad SMARTS) is 1. The van der Waals surface area contributed by atoms with Crippen LogP contribution in [0.15, 0.2) is 42.5 Å². The van der Waals surface area contributed by atoms with Crippen LogP contribution in [-0.4, -0.2) is 11.9 Å². The lowest BCUT2D eigenvalue weighted by molar-refractivity contribution is -0.312. The Morgan fingerprint density at radius 2 is 1.64 bits per heavy atom. The predicted octanol–water partition coefficient (Wildman–Crippen LogP) is 3.09. The first-order chi connectivity index (χ1) is 11.8. The van der Waals surface area contributed by atoms with E-state index in [0.29, 0.717) is 12.1 Å². The van der Waals surface area contributed by atoms with Gasteiger partial charge in [-0.25, -0.2) is 0 Å². The van der Waals surface area contributed by atoms with Gasteiger partial charge in [0.15, 0.2) is 0 Å². The van der Waals surface area contributed by atoms with Crippen molar-refractivity contribution in [1.29, 1.82) is 0 Å². The second kappa shape index (κ2) is 8.47. The van der Waals surface area contributed by atoms with Crippen LogP contribution < -0.4 is 10.4 Å². The number of benzene rings is 2. The Labute approximate surface area is 161 Å². The highest BCUT2D eigenvalue weighted by molar-refractivity contribution is 14.1. The van der Waals surface area contributed by atoms with Crippen LogP contribution in [0, 0.1) is 29.3 Å². The van der Waals surface area contributed by atoms with E-state index < -0.39 is 17.8 Å². The fourth-order valence-corrected chi connectivity index (χ4v) is 3.23. The molecule has 2 atom stereocenters. The van der Waals surface area contributed by atoms with Gasteiger partial charge in [-0.2, -0.15) is 0 Å². The average Bonchev–Trinajstić information content (AvgIpc) is 2.53. The van der Waals surface area contributed by atoms with Gasteiger partial charge in [0.2, 0.25) is 5.91 Å². The van der Waals surface area contributed by atoms with E-state index in [2.05, 4.69) is 27.9 Å². The van der Waals surface area contributed by atoms with E-state index in [4.69, 9.17) is 0 Å². The van der Waals surface area contributed by atoms with Gasteiger partial charge >= 0.3 is 0 Å². The van der Waals surface area contributed by atoms with Crippen LogP contribution in [0.5, 0.6) is 0 Å². The van der Waals surface area contributed by atoms with Crippen molar-refractivity contribution in [2.45, 2.75) is 27.2 Å². The Morgan fingerprint density at radius 1 is 1.08 bits per heavy atom. The monoisotopic (exact) mass is 450 g/mol. The maximum atomic E-state index is 12.7. The number of carboxylic acids is 1. The Hall–Kier alpha value is -1.89. The molecule has 0 radical (unpaired) electrons. The summed E-state index contributed by atoms with van der Waals surface area (Å²) in [5.74, 6) is -3.11. The number of anilines is 1. The fourth-order valence-electron chi connectivity index (χ4n) is 2.87. The largest absolute Gasteiger partial charge is 0.550 e. The molecular formula is C20H21INO3-. The van der Waals surface area contributed by atoms with Crippen molar-refractivity contribution < 1.29 is 14.7 Å². The molecule has 0 saturated carbocycles. The number of carbonyl (C=O) groups is 2. The highest BCUT2D eigenvalue weighted by Crippen LogP contribution is 2.22. The number of amides is 1. The minimum Gasteiger partial charge on any atom is -0.550 e. The zero-order valence-electron chi connectivity index (χ0n) is 14.5. The molecule has 0 aliphatic heterocycles. The molecule has 132 valence electrons. The maximum Gasteiger partial charge on any atom is 0.228 e. The van der Waals surface area contributed by atoms with Crippen molar-refractivity contribution >= 4 is 40.2 Å². The third-order valence-corrected chi connectivity index (χ3v) is 4.88. The standard InChI is InChI=1S/C20H22INO3/c1-12-8-13(2)10-15(9-12)11-18(14(3)20(24)25)19(23)22-17-6-4-16(21)5-7-17/h4-10,14,18H,11H2,1-3H3,(H,22,23)(H,24,25)/p-1. The molecule has 0 saturated heterocycles. The van der Waals surface area contributed by atoms with Crippen molar-refractivity contribution in [1.82, 2.24) is 0 Å². The molecular weight excluding hydrogens is 429 g/mol. The summed E-state index contributed by atoms with van der Waals surface area (Å²) in [6.07, 6.45) is 0.355. The highest BCUT2D eigenvalue weighted by atomic mass is 127. The molecule has 1 amide bonds. The number of nitrogens with one attached hydrogen (secondary N) is 1. The first-order valence-electron chi connectivity index (χ1n) is 8.10. The number of hydrogen-bond acceptors (Lipinski definition) is 3. The smallest absolute Gasteiger partial charge is 0.228 e. The quantitative estimate of drug-likeness (QED) is 0.688. The number of carbonyl (C=O) groups excluding carboxylic acids is 2. The molecule has 1 N–H and O–H groups in total. The van der Waals surface area contributed by atoms with Crippen LogP contribution in [0.3, 0.4) is 0 Å². The van der Waals surface area contributed by atoms with Gasteiger partial charge in [-0.15, -0.1) is 0 Å². The lowest BCUT2D eigenvalue weighted by atomic mass is 9.86. The summed E-state index contributed by atoms with van der Waals surface area (Å²) in [7, 11) is 0. The summed E-state index contributed by atoms with van der Waals surface area (Å²) in [5.41, 5.74) is 3.79. The van der Waals surface area contributed by atoms with Crippen LogP contribution in [0.25, 0.3) is 0 Å². The van der Waals surface area contributed by atoms with Gasteiger partial charge in [0.25, 0.3) is 0 Å². The molecule has 2 unspecified atom stereocenters. The van der Waals surface area contributed by atoms with Crippen molar-refractivity contribution in [3.8, 4) is 0 Å². The molecule has 0 bridgehead atoms. The number of halogens is 1. The van der Waals surface area contributed by atoms with Crippen LogP contribution in [0.4, 0.5) is 5.69 Å². The van der Waals surface area contributed by atoms with Crippen molar-refractivity contribution in [3.05, 3.63) is 62.7 Å². The van der Waals surface area contributed by atoms with Gasteiger partial charge in [-0.3, -0.25) is 4.79 Å². The molecule has 0 spiro atoms. The van der Waals surface area contributed by atoms with Crippen LogP contribution >= 0.6 is 22.6 Å². The third kappa shape index (κ3) is 5.56. The summed E-state index contributed by atoms with van der Waals surface area (Å²) >= 11 is 2.19. The van der Waals surface area contributed by atoms with Crippen LogP contribution in [0.2, 0.25) is 0 Å². The second-order valence-electron chi connectivity index (χ2n) is 6.41. The van der Waals surface area contributed by atoms with Gasteiger partial charge < -0.3 is 15.2 Å². The highest BCUT2D eigenvalue weighted by Gasteiger charge is 2.26. The van der Waals surface area contributed by atoms with E-state index >= 15 is 0 Å². The van der Waals surface area contributed by atoms with Crippen molar-refractivity contribution in [2.24, 2.45) is 11.8 Å². The van der Waals surface area contributed by atoms with Gasteiger partial charge in [-0.1, -0.05) is 36.2 Å². The molecule has 25 heavy (non-hydrogen) atoms. The maximum absolute atomic E-state index is 12.7. The molecule has 0 fully saturated rings. The lowest BCUT2D eigenvalue weighted by Gasteiger charge is -2.24. The summed E-state index contributed by atoms with van der Waals surface area (Å²) in [4.78, 5) is 24.1. The number of rotatable bonds is 6. The first kappa shape index (κ1) is 19.4. The van der Waals surface area contributed by atoms with Gasteiger partial charge in [0, 0.05) is 21.1 Å². The molecule has 2 aromatic rings. The average molecular weight is 450 g/mol. The molecule has 4 nitrogen and oxygen atoms in total. The number of hydrogen-bond donors (Lipinski definition) is 1. The molecule has 2 aromatic carbocycles. The SMILES string of the molecule is Cc1cc(C)cc(CC(C(=O)Nc2ccc(I)cc2)C(C)C(=O)[O-])c1. The molecule has 5 heteroatoms. The van der Waals surface area contributed by atoms with E-state index in [1.165, 1.54) is 6.92 Å². The third-order valence-electron chi connectivity index (χ3n) is 4.16. The minimum atomic E-state index is -1.22. The Kier molecular flexibility index (Phi) is 6.58. The first-order valence-corrected chi connectivity index (χ1v) is 9.18. The summed E-state index contributed by atoms with van der Waals surface area (Å²) in [6, 6.07) is 13.4. The molecule has 2 rings (SSSR count). The second-order valence-corrected chi connectivity index (χ2v) is 7.66. The van der Waals surface area contributed by atoms with Gasteiger partial charge in [-0.05, 0) is 72.7 Å². The van der Waals surface area contributed by atoms with E-state index in [0.717, 1.165) is 20.3 Å².